The van der Waals surface area contributed by atoms with E-state index in [2.05, 4.69) is 28.2 Å². The van der Waals surface area contributed by atoms with Gasteiger partial charge in [-0.25, -0.2) is 4.79 Å². The van der Waals surface area contributed by atoms with Gasteiger partial charge in [-0.1, -0.05) is 35.2 Å². The number of carbonyl (C=O) groups excluding carboxylic acids is 1. The highest BCUT2D eigenvalue weighted by molar-refractivity contribution is 7.85. The van der Waals surface area contributed by atoms with E-state index in [1.54, 1.807) is 0 Å². The fourth-order valence-electron chi connectivity index (χ4n) is 1.69. The Kier molecular flexibility index (Phi) is 6.40. The van der Waals surface area contributed by atoms with E-state index < -0.39 is 11.7 Å². The first-order valence-electron chi connectivity index (χ1n) is 6.50. The third kappa shape index (κ3) is 7.05. The molecule has 4 nitrogen and oxygen atoms in total. The highest BCUT2D eigenvalue weighted by Crippen LogP contribution is 2.08. The lowest BCUT2D eigenvalue weighted by Crippen LogP contribution is -2.41. The van der Waals surface area contributed by atoms with Crippen LogP contribution in [0.1, 0.15) is 26.3 Å². The van der Waals surface area contributed by atoms with E-state index in [0.29, 0.717) is 13.0 Å². The number of amides is 1. The van der Waals surface area contributed by atoms with Crippen molar-refractivity contribution in [2.24, 2.45) is 0 Å². The monoisotopic (exact) mass is 293 g/mol. The molecule has 0 heterocycles. The predicted molar refractivity (Wildman–Crippen MR) is 84.4 cm³/mol. The van der Waals surface area contributed by atoms with Gasteiger partial charge in [0.1, 0.15) is 11.6 Å². The van der Waals surface area contributed by atoms with Crippen molar-refractivity contribution >= 4 is 18.7 Å². The lowest BCUT2D eigenvalue weighted by atomic mass is 10.1. The summed E-state index contributed by atoms with van der Waals surface area (Å²) in [6, 6.07) is 9.77. The van der Waals surface area contributed by atoms with Crippen LogP contribution in [-0.4, -0.2) is 24.3 Å². The SMILES string of the molecule is CC(C)(C)OC(=O)N[C@H](C[N+]#CS)Cc1ccccc1. The number of nitrogens with zero attached hydrogens (tertiary/aromatic N) is 1. The lowest BCUT2D eigenvalue weighted by molar-refractivity contribution is 0.0508. The Morgan fingerprint density at radius 2 is 2.05 bits per heavy atom. The highest BCUT2D eigenvalue weighted by Gasteiger charge is 2.22. The van der Waals surface area contributed by atoms with E-state index in [0.717, 1.165) is 5.56 Å². The van der Waals surface area contributed by atoms with Crippen LogP contribution in [0, 0.1) is 5.40 Å². The molecule has 1 N–H and O–H groups in total. The molecule has 108 valence electrons. The number of hydrogen-bond donors (Lipinski definition) is 2. The van der Waals surface area contributed by atoms with Gasteiger partial charge in [0.2, 0.25) is 0 Å². The first-order chi connectivity index (χ1) is 9.40. The molecule has 0 radical (unpaired) electrons. The molecule has 0 saturated carbocycles. The summed E-state index contributed by atoms with van der Waals surface area (Å²) in [5, 5.41) is 5.26. The fraction of sp³-hybridized carbons (Fsp3) is 0.467. The molecular formula is C15H21N2O2S+. The quantitative estimate of drug-likeness (QED) is 0.660. The minimum atomic E-state index is -0.514. The number of ether oxygens (including phenoxy) is 1. The summed E-state index contributed by atoms with van der Waals surface area (Å²) in [6.45, 7) is 5.91. The van der Waals surface area contributed by atoms with Crippen molar-refractivity contribution in [1.29, 1.82) is 0 Å². The van der Waals surface area contributed by atoms with Crippen molar-refractivity contribution in [2.45, 2.75) is 38.8 Å². The number of thiol groups is 1. The third-order valence-corrected chi connectivity index (χ3v) is 2.57. The molecule has 5 heteroatoms. The Balaban J connectivity index is 2.64. The number of rotatable bonds is 4. The molecular weight excluding hydrogens is 272 g/mol. The molecule has 1 aromatic rings. The van der Waals surface area contributed by atoms with Gasteiger partial charge in [-0.05, 0) is 39.0 Å². The molecule has 20 heavy (non-hydrogen) atoms. The van der Waals surface area contributed by atoms with Crippen LogP contribution in [0.3, 0.4) is 0 Å². The minimum Gasteiger partial charge on any atom is -0.444 e. The minimum absolute atomic E-state index is 0.146. The second-order valence-corrected chi connectivity index (χ2v) is 5.67. The van der Waals surface area contributed by atoms with Gasteiger partial charge < -0.3 is 10.1 Å². The van der Waals surface area contributed by atoms with Gasteiger partial charge in [-0.2, -0.15) is 0 Å². The standard InChI is InChI=1S/C15H20N2O2S/c1-15(2,3)19-14(18)17-13(10-16-11-20)9-12-7-5-4-6-8-12/h4-8,13H,9-10H2,1-3H3,(H,17,18)/p+1/t13-/m0/s1. The first kappa shape index (κ1) is 16.4. The van der Waals surface area contributed by atoms with Crippen LogP contribution in [0.5, 0.6) is 0 Å². The van der Waals surface area contributed by atoms with E-state index >= 15 is 0 Å². The molecule has 0 aliphatic heterocycles. The summed E-state index contributed by atoms with van der Waals surface area (Å²) in [5.41, 5.74) is 0.614. The average Bonchev–Trinajstić information content (AvgIpc) is 2.35. The zero-order valence-corrected chi connectivity index (χ0v) is 13.0. The summed E-state index contributed by atoms with van der Waals surface area (Å²) in [4.78, 5) is 15.8. The number of hydrogen-bond acceptors (Lipinski definition) is 3. The molecule has 0 aromatic heterocycles. The number of nitrogens with one attached hydrogen (secondary N) is 1. The van der Waals surface area contributed by atoms with E-state index in [-0.39, 0.29) is 6.04 Å². The van der Waals surface area contributed by atoms with Gasteiger partial charge in [0.15, 0.2) is 0 Å². The zero-order valence-electron chi connectivity index (χ0n) is 12.1. The first-order valence-corrected chi connectivity index (χ1v) is 6.94. The maximum Gasteiger partial charge on any atom is 0.408 e. The van der Waals surface area contributed by atoms with Gasteiger partial charge in [-0.3, -0.25) is 0 Å². The Morgan fingerprint density at radius 3 is 2.60 bits per heavy atom. The maximum atomic E-state index is 11.8. The largest absolute Gasteiger partial charge is 0.444 e. The number of thiocyanates is 1. The average molecular weight is 293 g/mol. The third-order valence-electron chi connectivity index (χ3n) is 2.43. The summed E-state index contributed by atoms with van der Waals surface area (Å²) in [5.74, 6) is 0. The molecule has 0 aliphatic rings. The smallest absolute Gasteiger partial charge is 0.408 e. The Hall–Kier alpha value is -1.67. The molecule has 1 amide bonds. The second kappa shape index (κ2) is 7.81. The molecule has 1 rings (SSSR count). The Labute approximate surface area is 125 Å². The van der Waals surface area contributed by atoms with Gasteiger partial charge in [-0.15, -0.1) is 0 Å². The molecule has 1 atom stereocenters. The van der Waals surface area contributed by atoms with Crippen LogP contribution < -0.4 is 5.32 Å². The van der Waals surface area contributed by atoms with E-state index in [1.807, 2.05) is 51.1 Å². The fourth-order valence-corrected chi connectivity index (χ4v) is 1.77. The number of alkyl carbamates (subject to hydrolysis) is 1. The molecule has 1 aromatic carbocycles. The second-order valence-electron chi connectivity index (χ2n) is 5.47. The van der Waals surface area contributed by atoms with Crippen LogP contribution in [-0.2, 0) is 11.2 Å². The molecule has 0 spiro atoms. The number of benzene rings is 1. The van der Waals surface area contributed by atoms with Crippen LogP contribution in [0.25, 0.3) is 4.85 Å². The highest BCUT2D eigenvalue weighted by atomic mass is 32.1. The lowest BCUT2D eigenvalue weighted by Gasteiger charge is -2.21. The van der Waals surface area contributed by atoms with Crippen molar-refractivity contribution in [3.63, 3.8) is 0 Å². The van der Waals surface area contributed by atoms with Gasteiger partial charge in [0.05, 0.1) is 0 Å². The van der Waals surface area contributed by atoms with E-state index in [4.69, 9.17) is 4.74 Å². The molecule has 0 aliphatic carbocycles. The molecule has 0 saturated heterocycles. The van der Waals surface area contributed by atoms with E-state index in [9.17, 15) is 4.79 Å². The van der Waals surface area contributed by atoms with Crippen molar-refractivity contribution in [1.82, 2.24) is 5.32 Å². The molecule has 0 unspecified atom stereocenters. The number of carbonyl (C=O) groups is 1. The summed E-state index contributed by atoms with van der Waals surface area (Å²) in [7, 11) is 0. The van der Waals surface area contributed by atoms with Gasteiger partial charge in [0, 0.05) is 6.42 Å². The summed E-state index contributed by atoms with van der Waals surface area (Å²) in [6.07, 6.45) is 0.242. The van der Waals surface area contributed by atoms with Crippen LogP contribution in [0.15, 0.2) is 30.3 Å². The summed E-state index contributed by atoms with van der Waals surface area (Å²) >= 11 is 3.82. The van der Waals surface area contributed by atoms with Gasteiger partial charge in [0.25, 0.3) is 6.54 Å². The zero-order chi connectivity index (χ0) is 15.0. The van der Waals surface area contributed by atoms with Crippen molar-refractivity contribution < 1.29 is 9.53 Å². The normalized spacial score (nSPS) is 12.0. The van der Waals surface area contributed by atoms with Crippen molar-refractivity contribution in [3.05, 3.63) is 40.7 Å². The van der Waals surface area contributed by atoms with Gasteiger partial charge >= 0.3 is 11.5 Å². The maximum absolute atomic E-state index is 11.8. The van der Waals surface area contributed by atoms with Crippen LogP contribution >= 0.6 is 12.6 Å². The van der Waals surface area contributed by atoms with Crippen LogP contribution in [0.4, 0.5) is 4.79 Å². The topological polar surface area (TPSA) is 42.7 Å². The predicted octanol–water partition coefficient (Wildman–Crippen LogP) is 3.34. The van der Waals surface area contributed by atoms with Crippen LogP contribution in [0.2, 0.25) is 0 Å². The Morgan fingerprint density at radius 1 is 1.40 bits per heavy atom. The Bertz CT molecular complexity index is 486. The summed E-state index contributed by atoms with van der Waals surface area (Å²) < 4.78 is 5.25. The molecule has 0 bridgehead atoms. The van der Waals surface area contributed by atoms with Crippen molar-refractivity contribution in [3.8, 4) is 5.40 Å². The van der Waals surface area contributed by atoms with E-state index in [1.165, 1.54) is 0 Å². The molecule has 0 fully saturated rings. The van der Waals surface area contributed by atoms with Crippen molar-refractivity contribution in [2.75, 3.05) is 6.54 Å².